The van der Waals surface area contributed by atoms with E-state index < -0.39 is 29.2 Å². The molecule has 0 unspecified atom stereocenters. The van der Waals surface area contributed by atoms with Gasteiger partial charge in [-0.1, -0.05) is 15.7 Å². The van der Waals surface area contributed by atoms with E-state index in [0.717, 1.165) is 22.7 Å². The Labute approximate surface area is 212 Å². The summed E-state index contributed by atoms with van der Waals surface area (Å²) in [4.78, 5) is 48.2. The highest BCUT2D eigenvalue weighted by Gasteiger charge is 2.54. The van der Waals surface area contributed by atoms with Crippen LogP contribution in [-0.4, -0.2) is 72.4 Å². The molecule has 5 heterocycles. The number of amides is 2. The number of anilines is 1. The Balaban J connectivity index is 1.38. The van der Waals surface area contributed by atoms with Gasteiger partial charge in [0.05, 0.1) is 6.54 Å². The molecule has 13 nitrogen and oxygen atoms in total. The van der Waals surface area contributed by atoms with Gasteiger partial charge >= 0.3 is 5.97 Å². The van der Waals surface area contributed by atoms with Crippen molar-refractivity contribution in [3.05, 3.63) is 52.6 Å². The number of carboxylic acid groups (broad SMARTS) is 1. The number of nitrogen functional groups attached to an aromatic ring is 1. The first-order valence-electron chi connectivity index (χ1n) is 10.7. The Morgan fingerprint density at radius 1 is 1.42 bits per heavy atom. The fraction of sp³-hybridized carbons (Fsp3) is 0.286. The maximum absolute atomic E-state index is 13.0. The van der Waals surface area contributed by atoms with Crippen LogP contribution in [0.15, 0.2) is 46.3 Å². The van der Waals surface area contributed by atoms with Gasteiger partial charge in [0.25, 0.3) is 23.8 Å². The van der Waals surface area contributed by atoms with Crippen molar-refractivity contribution in [3.63, 3.8) is 0 Å². The SMILES string of the molecule is CON=C(C(=O)N[C@@H]1C(=O)N2C(C(=O)O)=C(C[n+]3cnn4c(C)cccc43)CS[C@@H]12)c1csc(N)n1. The minimum Gasteiger partial charge on any atom is -0.477 e. The number of carboxylic acids is 1. The van der Waals surface area contributed by atoms with Gasteiger partial charge in [-0.25, -0.2) is 14.3 Å². The molecule has 5 rings (SSSR count). The Bertz CT molecular complexity index is 1460. The second kappa shape index (κ2) is 9.23. The van der Waals surface area contributed by atoms with Crippen LogP contribution >= 0.6 is 23.1 Å². The first kappa shape index (κ1) is 23.7. The summed E-state index contributed by atoms with van der Waals surface area (Å²) < 4.78 is 3.60. The molecule has 0 bridgehead atoms. The minimum atomic E-state index is -1.21. The van der Waals surface area contributed by atoms with Crippen LogP contribution in [0.25, 0.3) is 5.65 Å². The molecule has 2 aliphatic rings. The zero-order valence-corrected chi connectivity index (χ0v) is 20.7. The predicted molar refractivity (Wildman–Crippen MR) is 130 cm³/mol. The van der Waals surface area contributed by atoms with Crippen LogP contribution < -0.4 is 15.6 Å². The molecule has 2 atom stereocenters. The zero-order chi connectivity index (χ0) is 25.6. The molecule has 36 heavy (non-hydrogen) atoms. The van der Waals surface area contributed by atoms with Gasteiger partial charge in [-0.05, 0) is 13.0 Å². The number of fused-ring (bicyclic) bond motifs is 2. The number of thiazole rings is 1. The number of nitrogens with zero attached hydrogens (tertiary/aromatic N) is 6. The van der Waals surface area contributed by atoms with E-state index in [0.29, 0.717) is 11.3 Å². The third kappa shape index (κ3) is 3.95. The third-order valence-electron chi connectivity index (χ3n) is 5.79. The van der Waals surface area contributed by atoms with Crippen molar-refractivity contribution in [1.82, 2.24) is 24.8 Å². The number of rotatable bonds is 7. The van der Waals surface area contributed by atoms with E-state index in [-0.39, 0.29) is 28.8 Å². The number of carbonyl (C=O) groups excluding carboxylic acids is 2. The lowest BCUT2D eigenvalue weighted by Gasteiger charge is -2.49. The zero-order valence-electron chi connectivity index (χ0n) is 19.1. The predicted octanol–water partition coefficient (Wildman–Crippen LogP) is -0.242. The van der Waals surface area contributed by atoms with Gasteiger partial charge in [-0.3, -0.25) is 14.5 Å². The topological polar surface area (TPSA) is 168 Å². The molecule has 0 aliphatic carbocycles. The molecular weight excluding hydrogens is 508 g/mol. The summed E-state index contributed by atoms with van der Waals surface area (Å²) in [7, 11) is 1.28. The van der Waals surface area contributed by atoms with Gasteiger partial charge in [0.1, 0.15) is 35.6 Å². The summed E-state index contributed by atoms with van der Waals surface area (Å²) in [6.07, 6.45) is 1.63. The molecule has 1 fully saturated rings. The largest absolute Gasteiger partial charge is 0.477 e. The first-order valence-corrected chi connectivity index (χ1v) is 12.6. The van der Waals surface area contributed by atoms with Crippen molar-refractivity contribution < 1.29 is 28.9 Å². The van der Waals surface area contributed by atoms with Gasteiger partial charge in [-0.15, -0.1) is 23.1 Å². The maximum atomic E-state index is 13.0. The summed E-state index contributed by atoms with van der Waals surface area (Å²) >= 11 is 2.51. The lowest BCUT2D eigenvalue weighted by atomic mass is 10.0. The average molecular weight is 530 g/mol. The fourth-order valence-electron chi connectivity index (χ4n) is 4.17. The molecule has 3 aromatic rings. The number of aliphatic carboxylic acids is 1. The lowest BCUT2D eigenvalue weighted by Crippen LogP contribution is -2.71. The highest BCUT2D eigenvalue weighted by Crippen LogP contribution is 2.40. The van der Waals surface area contributed by atoms with Gasteiger partial charge in [0.2, 0.25) is 0 Å². The average Bonchev–Trinajstić information content (AvgIpc) is 3.47. The van der Waals surface area contributed by atoms with Crippen LogP contribution in [0, 0.1) is 6.92 Å². The molecule has 186 valence electrons. The standard InChI is InChI=1S/C21H20N8O5S2/c1-10-4-3-5-13-27(9-23-29(10)13)6-11-7-35-19-15(18(31)28(19)16(11)20(32)33)25-17(30)14(26-34-2)12-8-36-21(22)24-12/h3-5,8-9,15,19H,6-7H2,1-2H3,(H3-,22,24,25,30,32,33)/p+1/t15-,19+/m1/s1. The number of nitrogens with one attached hydrogen (secondary N) is 1. The number of hydrogen-bond acceptors (Lipinski definition) is 10. The van der Waals surface area contributed by atoms with E-state index in [1.807, 2.05) is 29.7 Å². The van der Waals surface area contributed by atoms with Crippen molar-refractivity contribution in [1.29, 1.82) is 0 Å². The number of nitrogens with two attached hydrogens (primary N) is 1. The number of pyridine rings is 1. The van der Waals surface area contributed by atoms with E-state index >= 15 is 0 Å². The summed E-state index contributed by atoms with van der Waals surface area (Å²) in [5.41, 5.74) is 7.96. The van der Waals surface area contributed by atoms with Crippen LogP contribution in [0.1, 0.15) is 11.4 Å². The molecule has 0 aromatic carbocycles. The Morgan fingerprint density at radius 2 is 2.22 bits per heavy atom. The second-order valence-corrected chi connectivity index (χ2v) is 10.0. The van der Waals surface area contributed by atoms with Gasteiger partial charge in [0.15, 0.2) is 10.8 Å². The van der Waals surface area contributed by atoms with Gasteiger partial charge in [-0.2, -0.15) is 0 Å². The van der Waals surface area contributed by atoms with Crippen molar-refractivity contribution in [2.24, 2.45) is 5.16 Å². The monoisotopic (exact) mass is 529 g/mol. The number of carbonyl (C=O) groups is 3. The Morgan fingerprint density at radius 3 is 2.92 bits per heavy atom. The summed E-state index contributed by atoms with van der Waals surface area (Å²) in [5.74, 6) is -2.04. The molecule has 3 aromatic heterocycles. The van der Waals surface area contributed by atoms with E-state index in [1.165, 1.54) is 23.8 Å². The maximum Gasteiger partial charge on any atom is 0.352 e. The highest BCUT2D eigenvalue weighted by atomic mass is 32.2. The molecule has 4 N–H and O–H groups in total. The normalized spacial score (nSPS) is 19.8. The fourth-order valence-corrected chi connectivity index (χ4v) is 6.05. The number of thioether (sulfide) groups is 1. The smallest absolute Gasteiger partial charge is 0.352 e. The number of aromatic nitrogens is 4. The third-order valence-corrected chi connectivity index (χ3v) is 7.81. The van der Waals surface area contributed by atoms with Gasteiger partial charge < -0.3 is 21.0 Å². The van der Waals surface area contributed by atoms with Crippen LogP contribution in [0.2, 0.25) is 0 Å². The summed E-state index contributed by atoms with van der Waals surface area (Å²) in [6, 6.07) is 4.78. The molecule has 0 spiro atoms. The molecule has 2 amide bonds. The van der Waals surface area contributed by atoms with E-state index in [1.54, 1.807) is 16.2 Å². The highest BCUT2D eigenvalue weighted by molar-refractivity contribution is 8.00. The molecule has 15 heteroatoms. The Kier molecular flexibility index (Phi) is 6.09. The quantitative estimate of drug-likeness (QED) is 0.162. The summed E-state index contributed by atoms with van der Waals surface area (Å²) in [5, 5.41) is 21.9. The van der Waals surface area contributed by atoms with Crippen molar-refractivity contribution in [2.45, 2.75) is 24.9 Å². The van der Waals surface area contributed by atoms with Crippen LogP contribution in [0.3, 0.4) is 0 Å². The van der Waals surface area contributed by atoms with Crippen molar-refractivity contribution >= 4 is 57.4 Å². The number of oxime groups is 1. The second-order valence-electron chi connectivity index (χ2n) is 8.01. The first-order chi connectivity index (χ1) is 17.3. The van der Waals surface area contributed by atoms with Crippen LogP contribution in [0.4, 0.5) is 5.13 Å². The van der Waals surface area contributed by atoms with Crippen molar-refractivity contribution in [2.75, 3.05) is 18.6 Å². The van der Waals surface area contributed by atoms with E-state index in [2.05, 4.69) is 20.6 Å². The van der Waals surface area contributed by atoms with Crippen LogP contribution in [-0.2, 0) is 25.8 Å². The Hall–Kier alpha value is -3.98. The molecule has 1 saturated heterocycles. The summed E-state index contributed by atoms with van der Waals surface area (Å²) in [6.45, 7) is 2.18. The van der Waals surface area contributed by atoms with Crippen molar-refractivity contribution in [3.8, 4) is 0 Å². The number of β-lactam (4-membered cyclic amide) rings is 1. The number of aryl methyl sites for hydroxylation is 1. The molecule has 0 radical (unpaired) electrons. The number of hydrogen-bond donors (Lipinski definition) is 3. The van der Waals surface area contributed by atoms with E-state index in [4.69, 9.17) is 10.6 Å². The van der Waals surface area contributed by atoms with Crippen LogP contribution in [0.5, 0.6) is 0 Å². The lowest BCUT2D eigenvalue weighted by molar-refractivity contribution is -0.664. The van der Waals surface area contributed by atoms with E-state index in [9.17, 15) is 19.5 Å². The molecular formula is C21H21N8O5S2+. The molecule has 2 aliphatic heterocycles. The molecule has 0 saturated carbocycles. The minimum absolute atomic E-state index is 0.0770. The van der Waals surface area contributed by atoms with Gasteiger partial charge in [0, 0.05) is 27.9 Å².